The molecule has 162 valence electrons. The summed E-state index contributed by atoms with van der Waals surface area (Å²) in [5.41, 5.74) is 0.607. The number of carbonyl (C=O) groups is 1. The lowest BCUT2D eigenvalue weighted by Gasteiger charge is -2.28. The number of thiazole rings is 1. The Morgan fingerprint density at radius 3 is 2.43 bits per heavy atom. The Morgan fingerprint density at radius 2 is 1.90 bits per heavy atom. The highest BCUT2D eigenvalue weighted by Gasteiger charge is 2.43. The van der Waals surface area contributed by atoms with Gasteiger partial charge in [0.1, 0.15) is 5.75 Å². The van der Waals surface area contributed by atoms with Crippen LogP contribution in [0.15, 0.2) is 53.7 Å². The molecule has 0 aliphatic heterocycles. The molecule has 1 heterocycles. The maximum absolute atomic E-state index is 13.1. The Bertz CT molecular complexity index is 862. The zero-order valence-corrected chi connectivity index (χ0v) is 19.8. The topological polar surface area (TPSA) is 51.2 Å². The zero-order chi connectivity index (χ0) is 22.0. The number of halogens is 1. The highest BCUT2D eigenvalue weighted by atomic mass is 35.5. The minimum Gasteiger partial charge on any atom is -0.497 e. The lowest BCUT2D eigenvalue weighted by molar-refractivity contribution is -0.121. The van der Waals surface area contributed by atoms with Crippen LogP contribution in [0.2, 0.25) is 0 Å². The quantitative estimate of drug-likeness (QED) is 0.492. The van der Waals surface area contributed by atoms with Crippen molar-refractivity contribution < 1.29 is 9.53 Å². The SMILES string of the molecule is C/C=C(\C)Cl.C/C=C/Cc1cnc(NC(=O)C2(c3ccc(OC)cc3)CCCC2)s1. The number of rotatable bonds is 6. The van der Waals surface area contributed by atoms with Crippen molar-refractivity contribution in [2.24, 2.45) is 0 Å². The van der Waals surface area contributed by atoms with Crippen molar-refractivity contribution in [1.82, 2.24) is 4.98 Å². The number of aromatic nitrogens is 1. The van der Waals surface area contributed by atoms with Crippen LogP contribution >= 0.6 is 22.9 Å². The number of carbonyl (C=O) groups excluding carboxylic acids is 1. The molecule has 1 fully saturated rings. The molecule has 1 aliphatic carbocycles. The van der Waals surface area contributed by atoms with E-state index in [0.717, 1.165) is 53.3 Å². The molecular weight excluding hydrogens is 416 g/mol. The number of nitrogens with zero attached hydrogens (tertiary/aromatic N) is 1. The van der Waals surface area contributed by atoms with Crippen molar-refractivity contribution in [2.75, 3.05) is 12.4 Å². The van der Waals surface area contributed by atoms with Crippen molar-refractivity contribution in [2.45, 2.75) is 58.3 Å². The first-order valence-electron chi connectivity index (χ1n) is 10.3. The zero-order valence-electron chi connectivity index (χ0n) is 18.2. The van der Waals surface area contributed by atoms with Crippen LogP contribution in [0.25, 0.3) is 0 Å². The summed E-state index contributed by atoms with van der Waals surface area (Å²) in [5, 5.41) is 4.60. The number of hydrogen-bond donors (Lipinski definition) is 1. The van der Waals surface area contributed by atoms with E-state index >= 15 is 0 Å². The second-order valence-corrected chi connectivity index (χ2v) is 8.96. The van der Waals surface area contributed by atoms with Crippen molar-refractivity contribution in [3.8, 4) is 5.75 Å². The van der Waals surface area contributed by atoms with Crippen LogP contribution in [-0.4, -0.2) is 18.0 Å². The molecule has 1 aromatic carbocycles. The third-order valence-corrected chi connectivity index (χ3v) is 6.41. The molecule has 1 amide bonds. The Morgan fingerprint density at radius 1 is 1.27 bits per heavy atom. The predicted molar refractivity (Wildman–Crippen MR) is 128 cm³/mol. The van der Waals surface area contributed by atoms with E-state index in [-0.39, 0.29) is 5.91 Å². The van der Waals surface area contributed by atoms with Crippen LogP contribution in [0.1, 0.15) is 56.9 Å². The van der Waals surface area contributed by atoms with Crippen LogP contribution in [0.4, 0.5) is 5.13 Å². The Hall–Kier alpha value is -2.11. The van der Waals surface area contributed by atoms with E-state index in [0.29, 0.717) is 5.13 Å². The van der Waals surface area contributed by atoms with Gasteiger partial charge in [0, 0.05) is 22.5 Å². The smallest absolute Gasteiger partial charge is 0.236 e. The number of methoxy groups -OCH3 is 1. The lowest BCUT2D eigenvalue weighted by Crippen LogP contribution is -2.37. The molecule has 0 unspecified atom stereocenters. The van der Waals surface area contributed by atoms with Gasteiger partial charge >= 0.3 is 0 Å². The summed E-state index contributed by atoms with van der Waals surface area (Å²) >= 11 is 6.87. The molecule has 0 saturated heterocycles. The second-order valence-electron chi connectivity index (χ2n) is 7.25. The summed E-state index contributed by atoms with van der Waals surface area (Å²) < 4.78 is 5.24. The second kappa shape index (κ2) is 11.9. The molecule has 4 nitrogen and oxygen atoms in total. The van der Waals surface area contributed by atoms with Crippen LogP contribution in [0, 0.1) is 0 Å². The highest BCUT2D eigenvalue weighted by molar-refractivity contribution is 7.15. The molecular formula is C24H31ClN2O2S. The van der Waals surface area contributed by atoms with Gasteiger partial charge in [0.2, 0.25) is 5.91 Å². The van der Waals surface area contributed by atoms with Gasteiger partial charge in [-0.3, -0.25) is 4.79 Å². The fourth-order valence-electron chi connectivity index (χ4n) is 3.45. The van der Waals surface area contributed by atoms with Gasteiger partial charge in [0.05, 0.1) is 12.5 Å². The van der Waals surface area contributed by atoms with E-state index in [1.165, 1.54) is 0 Å². The van der Waals surface area contributed by atoms with Gasteiger partial charge in [-0.15, -0.1) is 11.3 Å². The fraction of sp³-hybridized carbons (Fsp3) is 0.417. The third-order valence-electron chi connectivity index (χ3n) is 5.26. The molecule has 6 heteroatoms. The molecule has 1 aromatic heterocycles. The summed E-state index contributed by atoms with van der Waals surface area (Å²) in [7, 11) is 1.65. The van der Waals surface area contributed by atoms with Gasteiger partial charge in [0.25, 0.3) is 0 Å². The van der Waals surface area contributed by atoms with E-state index in [9.17, 15) is 4.79 Å². The number of hydrogen-bond acceptors (Lipinski definition) is 4. The fourth-order valence-corrected chi connectivity index (χ4v) is 4.23. The molecule has 0 atom stereocenters. The average molecular weight is 447 g/mol. The van der Waals surface area contributed by atoms with E-state index in [1.54, 1.807) is 18.4 Å². The molecule has 1 aliphatic rings. The Kier molecular flexibility index (Phi) is 9.60. The minimum atomic E-state index is -0.457. The minimum absolute atomic E-state index is 0.0575. The average Bonchev–Trinajstić information content (AvgIpc) is 3.43. The Balaban J connectivity index is 0.000000575. The summed E-state index contributed by atoms with van der Waals surface area (Å²) in [6.07, 6.45) is 12.6. The highest BCUT2D eigenvalue weighted by Crippen LogP contribution is 2.42. The summed E-state index contributed by atoms with van der Waals surface area (Å²) in [6.45, 7) is 5.76. The number of ether oxygens (including phenoxy) is 1. The maximum Gasteiger partial charge on any atom is 0.236 e. The summed E-state index contributed by atoms with van der Waals surface area (Å²) in [4.78, 5) is 18.6. The predicted octanol–water partition coefficient (Wildman–Crippen LogP) is 6.87. The van der Waals surface area contributed by atoms with Crippen LogP contribution in [0.5, 0.6) is 5.75 Å². The molecule has 30 heavy (non-hydrogen) atoms. The van der Waals surface area contributed by atoms with Gasteiger partial charge in [-0.2, -0.15) is 0 Å². The lowest BCUT2D eigenvalue weighted by atomic mass is 9.78. The molecule has 3 rings (SSSR count). The number of amides is 1. The van der Waals surface area contributed by atoms with Crippen LogP contribution < -0.4 is 10.1 Å². The Labute approximate surface area is 189 Å². The van der Waals surface area contributed by atoms with Crippen LogP contribution in [-0.2, 0) is 16.6 Å². The molecule has 0 spiro atoms. The normalized spacial score (nSPS) is 15.6. The monoisotopic (exact) mass is 446 g/mol. The van der Waals surface area contributed by atoms with Gasteiger partial charge < -0.3 is 10.1 Å². The first-order valence-corrected chi connectivity index (χ1v) is 11.4. The van der Waals surface area contributed by atoms with E-state index in [2.05, 4.69) is 16.4 Å². The standard InChI is InChI=1S/C20H24N2O2S.C4H7Cl/c1-3-4-7-17-14-21-19(25-17)22-18(23)20(12-5-6-13-20)15-8-10-16(24-2)11-9-15;1-3-4(2)5/h3-4,8-11,14H,5-7,12-13H2,1-2H3,(H,21,22,23);3H,1-2H3/b2*4-3+. The van der Waals surface area contributed by atoms with Gasteiger partial charge in [0.15, 0.2) is 5.13 Å². The molecule has 1 saturated carbocycles. The van der Waals surface area contributed by atoms with E-state index in [1.807, 2.05) is 63.4 Å². The van der Waals surface area contributed by atoms with Gasteiger partial charge in [-0.25, -0.2) is 4.98 Å². The van der Waals surface area contributed by atoms with Crippen molar-refractivity contribution in [3.63, 3.8) is 0 Å². The van der Waals surface area contributed by atoms with Gasteiger partial charge in [-0.05, 0) is 51.3 Å². The number of anilines is 1. The van der Waals surface area contributed by atoms with E-state index in [4.69, 9.17) is 16.3 Å². The molecule has 0 bridgehead atoms. The first kappa shape index (κ1) is 24.2. The van der Waals surface area contributed by atoms with Crippen molar-refractivity contribution in [1.29, 1.82) is 0 Å². The summed E-state index contributed by atoms with van der Waals surface area (Å²) in [6, 6.07) is 7.90. The molecule has 0 radical (unpaired) electrons. The number of allylic oxidation sites excluding steroid dienone is 4. The van der Waals surface area contributed by atoms with Crippen molar-refractivity contribution in [3.05, 3.63) is 64.2 Å². The number of benzene rings is 1. The maximum atomic E-state index is 13.1. The van der Waals surface area contributed by atoms with Gasteiger partial charge in [-0.1, -0.05) is 54.8 Å². The first-order chi connectivity index (χ1) is 14.4. The number of nitrogens with one attached hydrogen (secondary N) is 1. The van der Waals surface area contributed by atoms with E-state index < -0.39 is 5.41 Å². The third kappa shape index (κ3) is 6.44. The molecule has 1 N–H and O–H groups in total. The van der Waals surface area contributed by atoms with Crippen molar-refractivity contribution >= 4 is 34.0 Å². The largest absolute Gasteiger partial charge is 0.497 e. The van der Waals surface area contributed by atoms with Crippen LogP contribution in [0.3, 0.4) is 0 Å². The summed E-state index contributed by atoms with van der Waals surface area (Å²) in [5.74, 6) is 0.868. The molecule has 2 aromatic rings.